The molecule has 2 heterocycles. The number of aromatic nitrogens is 3. The van der Waals surface area contributed by atoms with Crippen molar-refractivity contribution >= 4 is 33.9 Å². The monoisotopic (exact) mass is 442 g/mol. The lowest BCUT2D eigenvalue weighted by molar-refractivity contribution is -0.116. The lowest BCUT2D eigenvalue weighted by atomic mass is 10.1. The van der Waals surface area contributed by atoms with Gasteiger partial charge in [-0.3, -0.25) is 9.59 Å². The van der Waals surface area contributed by atoms with Gasteiger partial charge in [0.15, 0.2) is 0 Å². The molecule has 31 heavy (non-hydrogen) atoms. The second kappa shape index (κ2) is 9.82. The van der Waals surface area contributed by atoms with E-state index in [9.17, 15) is 14.4 Å². The molecule has 2 aromatic heterocycles. The van der Waals surface area contributed by atoms with Crippen LogP contribution in [0.3, 0.4) is 0 Å². The van der Waals surface area contributed by atoms with Crippen LogP contribution in [0.25, 0.3) is 4.96 Å². The standard InChI is InChI=1S/C22H26N4O4S/c1-13(2)9-18(27)24-17-8-6-5-7-16(17)21(29)30-12-15-11-20(28)26-22(23-15)31-19(25-26)10-14(3)4/h5-8,11,13-14H,9-10,12H2,1-4H3,(H,24,27). The van der Waals surface area contributed by atoms with Gasteiger partial charge in [0, 0.05) is 18.9 Å². The Bertz CT molecular complexity index is 1150. The molecule has 1 N–H and O–H groups in total. The second-order valence-electron chi connectivity index (χ2n) is 8.14. The molecule has 0 bridgehead atoms. The highest BCUT2D eigenvalue weighted by Crippen LogP contribution is 2.19. The largest absolute Gasteiger partial charge is 0.456 e. The molecule has 0 spiro atoms. The summed E-state index contributed by atoms with van der Waals surface area (Å²) in [6.45, 7) is 7.89. The first-order valence-corrected chi connectivity index (χ1v) is 11.0. The van der Waals surface area contributed by atoms with Crippen LogP contribution in [-0.2, 0) is 22.6 Å². The van der Waals surface area contributed by atoms with E-state index in [1.54, 1.807) is 24.3 Å². The van der Waals surface area contributed by atoms with Gasteiger partial charge >= 0.3 is 5.97 Å². The lowest BCUT2D eigenvalue weighted by Crippen LogP contribution is -2.18. The van der Waals surface area contributed by atoms with E-state index < -0.39 is 5.97 Å². The quantitative estimate of drug-likeness (QED) is 0.534. The number of nitrogens with zero attached hydrogens (tertiary/aromatic N) is 3. The number of anilines is 1. The Morgan fingerprint density at radius 3 is 2.61 bits per heavy atom. The van der Waals surface area contributed by atoms with Crippen molar-refractivity contribution in [2.24, 2.45) is 11.8 Å². The molecule has 0 aliphatic heterocycles. The summed E-state index contributed by atoms with van der Waals surface area (Å²) in [6.07, 6.45) is 1.11. The average molecular weight is 443 g/mol. The first-order valence-electron chi connectivity index (χ1n) is 10.2. The van der Waals surface area contributed by atoms with Crippen LogP contribution in [0.2, 0.25) is 0 Å². The highest BCUT2D eigenvalue weighted by Gasteiger charge is 2.16. The molecular formula is C22H26N4O4S. The number of para-hydroxylation sites is 1. The summed E-state index contributed by atoms with van der Waals surface area (Å²) in [4.78, 5) is 41.9. The third kappa shape index (κ3) is 5.97. The molecule has 0 aliphatic carbocycles. The normalized spacial score (nSPS) is 11.3. The molecule has 0 aliphatic rings. The second-order valence-corrected chi connectivity index (χ2v) is 9.18. The SMILES string of the molecule is CC(C)CC(=O)Nc1ccccc1C(=O)OCc1cc(=O)n2nc(CC(C)C)sc2n1. The van der Waals surface area contributed by atoms with Crippen LogP contribution in [0.4, 0.5) is 5.69 Å². The summed E-state index contributed by atoms with van der Waals surface area (Å²) in [7, 11) is 0. The van der Waals surface area contributed by atoms with Gasteiger partial charge < -0.3 is 10.1 Å². The smallest absolute Gasteiger partial charge is 0.340 e. The molecular weight excluding hydrogens is 416 g/mol. The first-order chi connectivity index (χ1) is 14.7. The van der Waals surface area contributed by atoms with E-state index in [2.05, 4.69) is 29.2 Å². The highest BCUT2D eigenvalue weighted by atomic mass is 32.1. The van der Waals surface area contributed by atoms with Crippen LogP contribution in [0.5, 0.6) is 0 Å². The van der Waals surface area contributed by atoms with Gasteiger partial charge in [-0.25, -0.2) is 9.78 Å². The maximum atomic E-state index is 12.6. The van der Waals surface area contributed by atoms with Crippen LogP contribution in [0, 0.1) is 11.8 Å². The number of fused-ring (bicyclic) bond motifs is 1. The van der Waals surface area contributed by atoms with Gasteiger partial charge in [-0.2, -0.15) is 9.61 Å². The van der Waals surface area contributed by atoms with E-state index in [4.69, 9.17) is 4.74 Å². The summed E-state index contributed by atoms with van der Waals surface area (Å²) in [5, 5.41) is 7.90. The van der Waals surface area contributed by atoms with Crippen LogP contribution in [0.15, 0.2) is 35.1 Å². The van der Waals surface area contributed by atoms with E-state index in [1.807, 2.05) is 13.8 Å². The van der Waals surface area contributed by atoms with Crippen LogP contribution in [0.1, 0.15) is 55.2 Å². The van der Waals surface area contributed by atoms with Crippen molar-refractivity contribution in [3.05, 3.63) is 57.0 Å². The molecule has 3 aromatic rings. The molecule has 0 atom stereocenters. The van der Waals surface area contributed by atoms with Gasteiger partial charge in [0.2, 0.25) is 10.9 Å². The summed E-state index contributed by atoms with van der Waals surface area (Å²) in [6, 6.07) is 7.98. The number of amides is 1. The first kappa shape index (κ1) is 22.6. The zero-order valence-electron chi connectivity index (χ0n) is 18.0. The number of carbonyl (C=O) groups excluding carboxylic acids is 2. The van der Waals surface area contributed by atoms with Crippen molar-refractivity contribution in [1.82, 2.24) is 14.6 Å². The van der Waals surface area contributed by atoms with E-state index >= 15 is 0 Å². The number of benzene rings is 1. The maximum absolute atomic E-state index is 12.6. The Kier molecular flexibility index (Phi) is 7.17. The van der Waals surface area contributed by atoms with E-state index in [0.717, 1.165) is 11.4 Å². The summed E-state index contributed by atoms with van der Waals surface area (Å²) < 4.78 is 6.65. The lowest BCUT2D eigenvalue weighted by Gasteiger charge is -2.11. The molecule has 1 amide bonds. The number of nitrogens with one attached hydrogen (secondary N) is 1. The molecule has 0 saturated heterocycles. The number of esters is 1. The van der Waals surface area contributed by atoms with Gasteiger partial charge in [-0.05, 0) is 24.0 Å². The Morgan fingerprint density at radius 2 is 1.90 bits per heavy atom. The van der Waals surface area contributed by atoms with Gasteiger partial charge in [0.05, 0.1) is 16.9 Å². The molecule has 1 aromatic carbocycles. The van der Waals surface area contributed by atoms with Crippen molar-refractivity contribution in [3.8, 4) is 0 Å². The summed E-state index contributed by atoms with van der Waals surface area (Å²) in [5.74, 6) is -0.158. The minimum absolute atomic E-state index is 0.156. The Balaban J connectivity index is 1.73. The molecule has 9 heteroatoms. The maximum Gasteiger partial charge on any atom is 0.340 e. The zero-order chi connectivity index (χ0) is 22.5. The van der Waals surface area contributed by atoms with Crippen molar-refractivity contribution in [2.45, 2.75) is 47.1 Å². The Morgan fingerprint density at radius 1 is 1.16 bits per heavy atom. The molecule has 0 unspecified atom stereocenters. The predicted molar refractivity (Wildman–Crippen MR) is 119 cm³/mol. The van der Waals surface area contributed by atoms with Crippen molar-refractivity contribution in [3.63, 3.8) is 0 Å². The fraction of sp³-hybridized carbons (Fsp3) is 0.409. The van der Waals surface area contributed by atoms with E-state index in [1.165, 1.54) is 21.9 Å². The summed E-state index contributed by atoms with van der Waals surface area (Å²) >= 11 is 1.35. The topological polar surface area (TPSA) is 103 Å². The van der Waals surface area contributed by atoms with E-state index in [-0.39, 0.29) is 29.6 Å². The number of hydrogen-bond donors (Lipinski definition) is 1. The molecule has 0 saturated carbocycles. The molecule has 164 valence electrons. The average Bonchev–Trinajstić information content (AvgIpc) is 3.08. The molecule has 8 nitrogen and oxygen atoms in total. The highest BCUT2D eigenvalue weighted by molar-refractivity contribution is 7.16. The van der Waals surface area contributed by atoms with Crippen LogP contribution < -0.4 is 10.9 Å². The van der Waals surface area contributed by atoms with Gasteiger partial charge in [-0.1, -0.05) is 51.2 Å². The third-order valence-electron chi connectivity index (χ3n) is 4.29. The number of hydrogen-bond acceptors (Lipinski definition) is 7. The number of carbonyl (C=O) groups is 2. The number of ether oxygens (including phenoxy) is 1. The minimum atomic E-state index is -0.604. The fourth-order valence-electron chi connectivity index (χ4n) is 2.96. The van der Waals surface area contributed by atoms with Crippen LogP contribution >= 0.6 is 11.3 Å². The van der Waals surface area contributed by atoms with Gasteiger partial charge in [-0.15, -0.1) is 0 Å². The number of rotatable bonds is 8. The minimum Gasteiger partial charge on any atom is -0.456 e. The molecule has 0 radical (unpaired) electrons. The van der Waals surface area contributed by atoms with Crippen molar-refractivity contribution in [2.75, 3.05) is 5.32 Å². The van der Waals surface area contributed by atoms with Gasteiger partial charge in [0.1, 0.15) is 11.6 Å². The molecule has 3 rings (SSSR count). The predicted octanol–water partition coefficient (Wildman–Crippen LogP) is 3.69. The zero-order valence-corrected chi connectivity index (χ0v) is 18.9. The third-order valence-corrected chi connectivity index (χ3v) is 5.22. The van der Waals surface area contributed by atoms with E-state index in [0.29, 0.717) is 28.7 Å². The fourth-order valence-corrected chi connectivity index (χ4v) is 4.09. The molecule has 0 fully saturated rings. The Labute approximate surface area is 184 Å². The van der Waals surface area contributed by atoms with Crippen LogP contribution in [-0.4, -0.2) is 26.5 Å². The van der Waals surface area contributed by atoms with Gasteiger partial charge in [0.25, 0.3) is 5.56 Å². The summed E-state index contributed by atoms with van der Waals surface area (Å²) in [5.41, 5.74) is 0.667. The Hall–Kier alpha value is -3.07. The van der Waals surface area contributed by atoms with Crippen molar-refractivity contribution < 1.29 is 14.3 Å². The van der Waals surface area contributed by atoms with Crippen molar-refractivity contribution in [1.29, 1.82) is 0 Å².